The lowest BCUT2D eigenvalue weighted by Crippen LogP contribution is -2.45. The third-order valence-corrected chi connectivity index (χ3v) is 5.69. The van der Waals surface area contributed by atoms with Crippen LogP contribution in [0.15, 0.2) is 29.3 Å². The van der Waals surface area contributed by atoms with Crippen molar-refractivity contribution in [3.63, 3.8) is 0 Å². The summed E-state index contributed by atoms with van der Waals surface area (Å²) in [5, 5.41) is 6.85. The van der Waals surface area contributed by atoms with Crippen molar-refractivity contribution in [1.29, 1.82) is 0 Å². The lowest BCUT2D eigenvalue weighted by molar-refractivity contribution is -0.135. The number of benzene rings is 1. The predicted molar refractivity (Wildman–Crippen MR) is 113 cm³/mol. The van der Waals surface area contributed by atoms with E-state index < -0.39 is 0 Å². The van der Waals surface area contributed by atoms with E-state index in [-0.39, 0.29) is 12.0 Å². The van der Waals surface area contributed by atoms with Crippen molar-refractivity contribution in [3.8, 4) is 5.75 Å². The summed E-state index contributed by atoms with van der Waals surface area (Å²) < 4.78 is 5.56. The minimum Gasteiger partial charge on any atom is -0.494 e. The topological polar surface area (TPSA) is 66.0 Å². The Labute approximate surface area is 168 Å². The van der Waals surface area contributed by atoms with Crippen LogP contribution in [-0.4, -0.2) is 49.6 Å². The third kappa shape index (κ3) is 5.63. The van der Waals surface area contributed by atoms with Crippen molar-refractivity contribution in [2.75, 3.05) is 26.7 Å². The largest absolute Gasteiger partial charge is 0.494 e. The molecule has 0 bridgehead atoms. The molecule has 6 nitrogen and oxygen atoms in total. The summed E-state index contributed by atoms with van der Waals surface area (Å²) in [5.74, 6) is 2.28. The van der Waals surface area contributed by atoms with Gasteiger partial charge in [0, 0.05) is 38.6 Å². The Hall–Kier alpha value is -2.24. The summed E-state index contributed by atoms with van der Waals surface area (Å²) in [7, 11) is 1.78. The molecule has 3 rings (SSSR count). The van der Waals surface area contributed by atoms with Crippen LogP contribution in [0.5, 0.6) is 5.75 Å². The maximum absolute atomic E-state index is 12.7. The number of rotatable bonds is 6. The highest BCUT2D eigenvalue weighted by Gasteiger charge is 2.31. The first-order valence-electron chi connectivity index (χ1n) is 10.7. The maximum atomic E-state index is 12.7. The lowest BCUT2D eigenvalue weighted by atomic mass is 9.88. The Morgan fingerprint density at radius 1 is 1.25 bits per heavy atom. The standard InChI is InChI=1S/C22H34N4O2/c1-3-28-20-11-7-8-17(14-20)15-24-22(23-2)25-19-12-13-26(16-19)21(27)18-9-5-4-6-10-18/h7-8,11,14,18-19H,3-6,9-10,12-13,15-16H2,1-2H3,(H2,23,24,25). The molecule has 1 saturated carbocycles. The molecule has 28 heavy (non-hydrogen) atoms. The highest BCUT2D eigenvalue weighted by atomic mass is 16.5. The van der Waals surface area contributed by atoms with Crippen LogP contribution in [0, 0.1) is 5.92 Å². The molecule has 1 heterocycles. The van der Waals surface area contributed by atoms with E-state index in [9.17, 15) is 4.79 Å². The molecule has 2 N–H and O–H groups in total. The van der Waals surface area contributed by atoms with Gasteiger partial charge in [-0.05, 0) is 43.9 Å². The van der Waals surface area contributed by atoms with Gasteiger partial charge in [0.05, 0.1) is 6.61 Å². The van der Waals surface area contributed by atoms with Crippen molar-refractivity contribution >= 4 is 11.9 Å². The van der Waals surface area contributed by atoms with Crippen molar-refractivity contribution in [1.82, 2.24) is 15.5 Å². The van der Waals surface area contributed by atoms with Crippen LogP contribution in [0.25, 0.3) is 0 Å². The molecule has 6 heteroatoms. The van der Waals surface area contributed by atoms with E-state index in [1.807, 2.05) is 30.0 Å². The molecule has 1 aliphatic carbocycles. The number of nitrogens with zero attached hydrogens (tertiary/aromatic N) is 2. The molecule has 1 saturated heterocycles. The molecule has 0 radical (unpaired) electrons. The SMILES string of the molecule is CCOc1cccc(CNC(=NC)NC2CCN(C(=O)C3CCCCC3)C2)c1. The number of hydrogen-bond donors (Lipinski definition) is 2. The zero-order valence-electron chi connectivity index (χ0n) is 17.2. The number of ether oxygens (including phenoxy) is 1. The molecule has 0 spiro atoms. The first kappa shape index (κ1) is 20.5. The number of nitrogens with one attached hydrogen (secondary N) is 2. The molecular weight excluding hydrogens is 352 g/mol. The molecule has 1 unspecified atom stereocenters. The fourth-order valence-corrected chi connectivity index (χ4v) is 4.17. The van der Waals surface area contributed by atoms with Gasteiger partial charge in [0.25, 0.3) is 0 Å². The van der Waals surface area contributed by atoms with E-state index in [2.05, 4.69) is 21.7 Å². The number of guanidine groups is 1. The van der Waals surface area contributed by atoms with Crippen molar-refractivity contribution in [2.45, 2.75) is 58.0 Å². The number of likely N-dealkylation sites (tertiary alicyclic amines) is 1. The van der Waals surface area contributed by atoms with Crippen molar-refractivity contribution in [3.05, 3.63) is 29.8 Å². The maximum Gasteiger partial charge on any atom is 0.225 e. The Morgan fingerprint density at radius 2 is 2.07 bits per heavy atom. The first-order valence-corrected chi connectivity index (χ1v) is 10.7. The highest BCUT2D eigenvalue weighted by Crippen LogP contribution is 2.26. The van der Waals surface area contributed by atoms with Gasteiger partial charge in [0.1, 0.15) is 5.75 Å². The average molecular weight is 387 g/mol. The molecule has 1 aromatic rings. The van der Waals surface area contributed by atoms with Gasteiger partial charge in [-0.3, -0.25) is 9.79 Å². The fourth-order valence-electron chi connectivity index (χ4n) is 4.17. The second kappa shape index (κ2) is 10.3. The van der Waals surface area contributed by atoms with Crippen LogP contribution in [0.1, 0.15) is 51.0 Å². The van der Waals surface area contributed by atoms with E-state index in [4.69, 9.17) is 4.74 Å². The van der Waals surface area contributed by atoms with Crippen LogP contribution in [0.4, 0.5) is 0 Å². The quantitative estimate of drug-likeness (QED) is 0.583. The van der Waals surface area contributed by atoms with Gasteiger partial charge in [-0.25, -0.2) is 0 Å². The normalized spacial score (nSPS) is 20.9. The van der Waals surface area contributed by atoms with Gasteiger partial charge in [-0.15, -0.1) is 0 Å². The lowest BCUT2D eigenvalue weighted by Gasteiger charge is -2.26. The van der Waals surface area contributed by atoms with E-state index in [1.165, 1.54) is 19.3 Å². The fraction of sp³-hybridized carbons (Fsp3) is 0.636. The van der Waals surface area contributed by atoms with Crippen molar-refractivity contribution < 1.29 is 9.53 Å². The van der Waals surface area contributed by atoms with Gasteiger partial charge in [-0.2, -0.15) is 0 Å². The monoisotopic (exact) mass is 386 g/mol. The minimum absolute atomic E-state index is 0.252. The summed E-state index contributed by atoms with van der Waals surface area (Å²) in [4.78, 5) is 19.1. The van der Waals surface area contributed by atoms with Gasteiger partial charge in [0.15, 0.2) is 5.96 Å². The molecule has 154 valence electrons. The first-order chi connectivity index (χ1) is 13.7. The zero-order chi connectivity index (χ0) is 19.8. The minimum atomic E-state index is 0.252. The van der Waals surface area contributed by atoms with Gasteiger partial charge >= 0.3 is 0 Å². The second-order valence-corrected chi connectivity index (χ2v) is 7.76. The number of amides is 1. The average Bonchev–Trinajstić information content (AvgIpc) is 3.20. The van der Waals surface area contributed by atoms with Gasteiger partial charge in [-0.1, -0.05) is 31.4 Å². The zero-order valence-corrected chi connectivity index (χ0v) is 17.2. The summed E-state index contributed by atoms with van der Waals surface area (Å²) in [5.41, 5.74) is 1.15. The van der Waals surface area contributed by atoms with E-state index in [1.54, 1.807) is 7.05 Å². The number of carbonyl (C=O) groups is 1. The molecule has 1 amide bonds. The Kier molecular flexibility index (Phi) is 7.57. The predicted octanol–water partition coefficient (Wildman–Crippen LogP) is 2.93. The Balaban J connectivity index is 1.46. The van der Waals surface area contributed by atoms with Crippen LogP contribution < -0.4 is 15.4 Å². The summed E-state index contributed by atoms with van der Waals surface area (Å²) >= 11 is 0. The highest BCUT2D eigenvalue weighted by molar-refractivity contribution is 5.81. The summed E-state index contributed by atoms with van der Waals surface area (Å²) in [6, 6.07) is 8.35. The number of aliphatic imine (C=N–C) groups is 1. The van der Waals surface area contributed by atoms with Crippen LogP contribution in [0.2, 0.25) is 0 Å². The number of hydrogen-bond acceptors (Lipinski definition) is 3. The number of carbonyl (C=O) groups excluding carboxylic acids is 1. The molecule has 1 aromatic carbocycles. The third-order valence-electron chi connectivity index (χ3n) is 5.69. The van der Waals surface area contributed by atoms with E-state index in [0.717, 1.165) is 49.6 Å². The van der Waals surface area contributed by atoms with E-state index >= 15 is 0 Å². The molecule has 0 aromatic heterocycles. The van der Waals surface area contributed by atoms with Gasteiger partial charge in [0.2, 0.25) is 5.91 Å². The molecule has 2 fully saturated rings. The summed E-state index contributed by atoms with van der Waals surface area (Å²) in [6.45, 7) is 4.95. The van der Waals surface area contributed by atoms with Crippen LogP contribution in [-0.2, 0) is 11.3 Å². The molecular formula is C22H34N4O2. The van der Waals surface area contributed by atoms with Gasteiger partial charge < -0.3 is 20.3 Å². The van der Waals surface area contributed by atoms with Crippen LogP contribution in [0.3, 0.4) is 0 Å². The Bertz CT molecular complexity index is 670. The van der Waals surface area contributed by atoms with Crippen molar-refractivity contribution in [2.24, 2.45) is 10.9 Å². The molecule has 1 aliphatic heterocycles. The molecule has 2 aliphatic rings. The van der Waals surface area contributed by atoms with Crippen LogP contribution >= 0.6 is 0 Å². The smallest absolute Gasteiger partial charge is 0.225 e. The second-order valence-electron chi connectivity index (χ2n) is 7.76. The van der Waals surface area contributed by atoms with E-state index in [0.29, 0.717) is 19.1 Å². The molecule has 1 atom stereocenters. The summed E-state index contributed by atoms with van der Waals surface area (Å²) in [6.07, 6.45) is 6.79. The Morgan fingerprint density at radius 3 is 2.82 bits per heavy atom.